The lowest BCUT2D eigenvalue weighted by molar-refractivity contribution is -0.118. The molecule has 1 N–H and O–H groups in total. The number of benzene rings is 1. The molecule has 0 fully saturated rings. The lowest BCUT2D eigenvalue weighted by Crippen LogP contribution is -2.30. The maximum absolute atomic E-state index is 11.6. The minimum atomic E-state index is -0.530. The second-order valence-electron chi connectivity index (χ2n) is 4.46. The van der Waals surface area contributed by atoms with Crippen LogP contribution in [0.4, 0.5) is 5.69 Å². The average Bonchev–Trinajstić information content (AvgIpc) is 2.29. The van der Waals surface area contributed by atoms with Gasteiger partial charge in [0.2, 0.25) is 5.91 Å². The van der Waals surface area contributed by atoms with Crippen molar-refractivity contribution in [2.24, 2.45) is 0 Å². The first-order valence-electron chi connectivity index (χ1n) is 5.08. The third-order valence-corrected chi connectivity index (χ3v) is 2.39. The van der Waals surface area contributed by atoms with Crippen molar-refractivity contribution in [2.45, 2.75) is 25.9 Å². The predicted molar refractivity (Wildman–Crippen MR) is 59.8 cm³/mol. The second-order valence-corrected chi connectivity index (χ2v) is 4.46. The minimum Gasteiger partial charge on any atom is -0.485 e. The van der Waals surface area contributed by atoms with Crippen LogP contribution in [0, 0.1) is 0 Å². The van der Waals surface area contributed by atoms with E-state index in [0.29, 0.717) is 17.0 Å². The van der Waals surface area contributed by atoms with Gasteiger partial charge in [0.05, 0.1) is 12.1 Å². The van der Waals surface area contributed by atoms with Crippen molar-refractivity contribution < 1.29 is 14.3 Å². The molecule has 16 heavy (non-hydrogen) atoms. The van der Waals surface area contributed by atoms with E-state index in [4.69, 9.17) is 4.74 Å². The van der Waals surface area contributed by atoms with Gasteiger partial charge in [-0.05, 0) is 32.0 Å². The molecular weight excluding hydrogens is 206 g/mol. The molecule has 4 nitrogen and oxygen atoms in total. The Labute approximate surface area is 93.6 Å². The first-order valence-corrected chi connectivity index (χ1v) is 5.08. The fourth-order valence-electron chi connectivity index (χ4n) is 1.72. The summed E-state index contributed by atoms with van der Waals surface area (Å²) in [6.07, 6.45) is 1.03. The quantitative estimate of drug-likeness (QED) is 0.735. The third-order valence-electron chi connectivity index (χ3n) is 2.39. The van der Waals surface area contributed by atoms with Gasteiger partial charge in [-0.15, -0.1) is 0 Å². The van der Waals surface area contributed by atoms with E-state index in [1.807, 2.05) is 13.8 Å². The number of carbonyl (C=O) groups is 2. The zero-order valence-electron chi connectivity index (χ0n) is 9.24. The van der Waals surface area contributed by atoms with Gasteiger partial charge in [-0.1, -0.05) is 0 Å². The molecule has 1 heterocycles. The van der Waals surface area contributed by atoms with Crippen LogP contribution in [0.5, 0.6) is 5.75 Å². The Balaban J connectivity index is 2.45. The van der Waals surface area contributed by atoms with Crippen LogP contribution < -0.4 is 10.1 Å². The molecule has 0 saturated carbocycles. The fraction of sp³-hybridized carbons (Fsp3) is 0.333. The van der Waals surface area contributed by atoms with E-state index in [2.05, 4.69) is 5.32 Å². The number of amides is 1. The summed E-state index contributed by atoms with van der Waals surface area (Å²) in [5.74, 6) is 0.494. The highest BCUT2D eigenvalue weighted by Gasteiger charge is 2.28. The van der Waals surface area contributed by atoms with Gasteiger partial charge >= 0.3 is 0 Å². The van der Waals surface area contributed by atoms with E-state index in [1.165, 1.54) is 0 Å². The molecule has 0 unspecified atom stereocenters. The van der Waals surface area contributed by atoms with Crippen molar-refractivity contribution in [1.82, 2.24) is 0 Å². The summed E-state index contributed by atoms with van der Waals surface area (Å²) in [7, 11) is 0. The molecule has 0 aromatic heterocycles. The molecule has 1 aromatic carbocycles. The van der Waals surface area contributed by atoms with Gasteiger partial charge in [0.1, 0.15) is 17.6 Å². The smallest absolute Gasteiger partial charge is 0.228 e. The maximum Gasteiger partial charge on any atom is 0.228 e. The van der Waals surface area contributed by atoms with E-state index >= 15 is 0 Å². The van der Waals surface area contributed by atoms with Crippen LogP contribution in [0.25, 0.3) is 0 Å². The lowest BCUT2D eigenvalue weighted by Gasteiger charge is -2.23. The van der Waals surface area contributed by atoms with Crippen molar-refractivity contribution in [1.29, 1.82) is 0 Å². The molecule has 4 heteroatoms. The lowest BCUT2D eigenvalue weighted by atomic mass is 10.1. The molecule has 2 rings (SSSR count). The van der Waals surface area contributed by atoms with E-state index in [9.17, 15) is 9.59 Å². The van der Waals surface area contributed by atoms with E-state index in [0.717, 1.165) is 6.29 Å². The zero-order chi connectivity index (χ0) is 11.8. The van der Waals surface area contributed by atoms with Crippen LogP contribution in [0.2, 0.25) is 0 Å². The van der Waals surface area contributed by atoms with E-state index in [-0.39, 0.29) is 12.3 Å². The Morgan fingerprint density at radius 2 is 2.19 bits per heavy atom. The molecule has 0 aliphatic carbocycles. The molecule has 1 aliphatic heterocycles. The van der Waals surface area contributed by atoms with E-state index in [1.54, 1.807) is 18.2 Å². The largest absolute Gasteiger partial charge is 0.485 e. The normalized spacial score (nSPS) is 17.8. The molecular formula is C12H13NO3. The first kappa shape index (κ1) is 10.7. The Kier molecular flexibility index (Phi) is 2.42. The van der Waals surface area contributed by atoms with Crippen LogP contribution in [0.1, 0.15) is 30.6 Å². The van der Waals surface area contributed by atoms with E-state index < -0.39 is 5.60 Å². The van der Waals surface area contributed by atoms with Gasteiger partial charge < -0.3 is 10.1 Å². The van der Waals surface area contributed by atoms with Crippen LogP contribution in [0.3, 0.4) is 0 Å². The van der Waals surface area contributed by atoms with Crippen molar-refractivity contribution >= 4 is 17.9 Å². The number of fused-ring (bicyclic) bond motifs is 1. The molecule has 0 atom stereocenters. The highest BCUT2D eigenvalue weighted by Crippen LogP contribution is 2.33. The summed E-state index contributed by atoms with van der Waals surface area (Å²) in [5, 5.41) is 2.73. The summed E-state index contributed by atoms with van der Waals surface area (Å²) >= 11 is 0. The number of hydrogen-bond donors (Lipinski definition) is 1. The maximum atomic E-state index is 11.6. The SMILES string of the molecule is CC1(C)CC(=O)Nc2cc(C=O)ccc2O1. The van der Waals surface area contributed by atoms with Crippen molar-refractivity contribution in [3.05, 3.63) is 23.8 Å². The number of anilines is 1. The highest BCUT2D eigenvalue weighted by atomic mass is 16.5. The Hall–Kier alpha value is -1.84. The average molecular weight is 219 g/mol. The molecule has 0 radical (unpaired) electrons. The Bertz CT molecular complexity index is 452. The van der Waals surface area contributed by atoms with Crippen LogP contribution in [-0.4, -0.2) is 17.8 Å². The molecule has 1 aliphatic rings. The molecule has 1 amide bonds. The van der Waals surface area contributed by atoms with Gasteiger partial charge in [-0.3, -0.25) is 9.59 Å². The number of carbonyl (C=O) groups excluding carboxylic acids is 2. The summed E-state index contributed by atoms with van der Waals surface area (Å²) in [4.78, 5) is 22.2. The number of ether oxygens (including phenoxy) is 1. The van der Waals surface area contributed by atoms with Crippen LogP contribution in [-0.2, 0) is 4.79 Å². The molecule has 0 spiro atoms. The summed E-state index contributed by atoms with van der Waals surface area (Å²) < 4.78 is 5.71. The topological polar surface area (TPSA) is 55.4 Å². The Morgan fingerprint density at radius 3 is 2.88 bits per heavy atom. The number of hydrogen-bond acceptors (Lipinski definition) is 3. The predicted octanol–water partition coefficient (Wildman–Crippen LogP) is 2.00. The fourth-order valence-corrected chi connectivity index (χ4v) is 1.72. The number of aldehydes is 1. The summed E-state index contributed by atoms with van der Waals surface area (Å²) in [6.45, 7) is 3.71. The third kappa shape index (κ3) is 2.05. The number of nitrogens with one attached hydrogen (secondary N) is 1. The monoisotopic (exact) mass is 219 g/mol. The van der Waals surface area contributed by atoms with Gasteiger partial charge in [-0.25, -0.2) is 0 Å². The van der Waals surface area contributed by atoms with Gasteiger partial charge in [0.25, 0.3) is 0 Å². The van der Waals surface area contributed by atoms with Crippen molar-refractivity contribution in [3.63, 3.8) is 0 Å². The van der Waals surface area contributed by atoms with Gasteiger partial charge in [0, 0.05) is 5.56 Å². The first-order chi connectivity index (χ1) is 7.50. The van der Waals surface area contributed by atoms with Crippen molar-refractivity contribution in [3.8, 4) is 5.75 Å². The number of rotatable bonds is 1. The highest BCUT2D eigenvalue weighted by molar-refractivity contribution is 5.95. The molecule has 84 valence electrons. The second kappa shape index (κ2) is 3.63. The summed E-state index contributed by atoms with van der Waals surface area (Å²) in [5.41, 5.74) is 0.542. The van der Waals surface area contributed by atoms with Crippen LogP contribution >= 0.6 is 0 Å². The standard InChI is InChI=1S/C12H13NO3/c1-12(2)6-11(15)13-9-5-8(7-14)3-4-10(9)16-12/h3-5,7H,6H2,1-2H3,(H,13,15). The Morgan fingerprint density at radius 1 is 1.44 bits per heavy atom. The molecule has 1 aromatic rings. The zero-order valence-corrected chi connectivity index (χ0v) is 9.24. The summed E-state index contributed by atoms with van der Waals surface area (Å²) in [6, 6.07) is 4.98. The minimum absolute atomic E-state index is 0.105. The van der Waals surface area contributed by atoms with Gasteiger partial charge in [0.15, 0.2) is 0 Å². The van der Waals surface area contributed by atoms with Gasteiger partial charge in [-0.2, -0.15) is 0 Å². The molecule has 0 saturated heterocycles. The van der Waals surface area contributed by atoms with Crippen molar-refractivity contribution in [2.75, 3.05) is 5.32 Å². The van der Waals surface area contributed by atoms with Crippen LogP contribution in [0.15, 0.2) is 18.2 Å². The molecule has 0 bridgehead atoms.